The number of nitriles is 1. The summed E-state index contributed by atoms with van der Waals surface area (Å²) in [6.07, 6.45) is -0.154. The van der Waals surface area contributed by atoms with Gasteiger partial charge in [0.1, 0.15) is 6.42 Å². The Hall–Kier alpha value is -2.57. The van der Waals surface area contributed by atoms with Crippen molar-refractivity contribution in [3.63, 3.8) is 0 Å². The van der Waals surface area contributed by atoms with E-state index in [2.05, 4.69) is 11.9 Å². The average Bonchev–Trinajstić information content (AvgIpc) is 2.48. The number of carbonyl (C=O) groups is 1. The molecule has 0 aliphatic carbocycles. The Morgan fingerprint density at radius 1 is 1.10 bits per heavy atom. The van der Waals surface area contributed by atoms with Gasteiger partial charge in [0.25, 0.3) is 0 Å². The molecule has 0 spiro atoms. The van der Waals surface area contributed by atoms with Crippen LogP contribution in [-0.2, 0) is 4.79 Å². The van der Waals surface area contributed by atoms with Crippen molar-refractivity contribution >= 4 is 28.8 Å². The highest BCUT2D eigenvalue weighted by molar-refractivity contribution is 6.30. The highest BCUT2D eigenvalue weighted by Gasteiger charge is 2.04. The fourth-order valence-electron chi connectivity index (χ4n) is 1.85. The van der Waals surface area contributed by atoms with Gasteiger partial charge in [-0.2, -0.15) is 5.26 Å². The minimum absolute atomic E-state index is 0.154. The normalized spacial score (nSPS) is 9.71. The maximum Gasteiger partial charge on any atom is 0.238 e. The Kier molecular flexibility index (Phi) is 4.76. The molecule has 1 amide bonds. The van der Waals surface area contributed by atoms with Crippen LogP contribution in [0, 0.1) is 11.3 Å². The van der Waals surface area contributed by atoms with Crippen LogP contribution in [-0.4, -0.2) is 5.91 Å². The van der Waals surface area contributed by atoms with Crippen LogP contribution in [0.4, 0.5) is 5.69 Å². The molecule has 3 nitrogen and oxygen atoms in total. The van der Waals surface area contributed by atoms with E-state index in [0.29, 0.717) is 10.7 Å². The molecule has 2 aromatic rings. The van der Waals surface area contributed by atoms with Crippen molar-refractivity contribution in [2.45, 2.75) is 6.42 Å². The van der Waals surface area contributed by atoms with Crippen molar-refractivity contribution in [2.75, 3.05) is 5.32 Å². The predicted octanol–water partition coefficient (Wildman–Crippen LogP) is 4.25. The molecular formula is C17H13ClN2O. The molecule has 0 aromatic heterocycles. The molecule has 0 bridgehead atoms. The number of nitrogens with zero attached hydrogens (tertiary/aromatic N) is 1. The van der Waals surface area contributed by atoms with Crippen LogP contribution in [0.15, 0.2) is 55.1 Å². The van der Waals surface area contributed by atoms with E-state index in [1.54, 1.807) is 18.2 Å². The largest absolute Gasteiger partial charge is 0.325 e. The van der Waals surface area contributed by atoms with Gasteiger partial charge < -0.3 is 5.32 Å². The molecule has 0 heterocycles. The SMILES string of the molecule is C=C(c1ccc(Cl)cc1)c1ccc(NC(=O)CC#N)cc1. The maximum absolute atomic E-state index is 11.3. The fourth-order valence-corrected chi connectivity index (χ4v) is 1.98. The lowest BCUT2D eigenvalue weighted by Gasteiger charge is -2.08. The summed E-state index contributed by atoms with van der Waals surface area (Å²) in [5.74, 6) is -0.318. The smallest absolute Gasteiger partial charge is 0.238 e. The number of hydrogen-bond acceptors (Lipinski definition) is 2. The van der Waals surface area contributed by atoms with Gasteiger partial charge in [-0.1, -0.05) is 42.4 Å². The molecule has 104 valence electrons. The van der Waals surface area contributed by atoms with Gasteiger partial charge in [-0.3, -0.25) is 4.79 Å². The standard InChI is InChI=1S/C17H13ClN2O/c1-12(13-2-6-15(18)7-3-13)14-4-8-16(9-5-14)20-17(21)10-11-19/h2-9H,1,10H2,(H,20,21). The molecule has 2 aromatic carbocycles. The number of rotatable bonds is 4. The van der Waals surface area contributed by atoms with E-state index in [4.69, 9.17) is 16.9 Å². The first-order valence-electron chi connectivity index (χ1n) is 6.32. The zero-order valence-corrected chi connectivity index (χ0v) is 12.0. The third kappa shape index (κ3) is 3.95. The van der Waals surface area contributed by atoms with Gasteiger partial charge in [-0.05, 0) is 41.0 Å². The van der Waals surface area contributed by atoms with Crippen LogP contribution >= 0.6 is 11.6 Å². The lowest BCUT2D eigenvalue weighted by atomic mass is 9.99. The first-order valence-corrected chi connectivity index (χ1v) is 6.70. The lowest BCUT2D eigenvalue weighted by Crippen LogP contribution is -2.09. The molecular weight excluding hydrogens is 284 g/mol. The van der Waals surface area contributed by atoms with E-state index in [1.165, 1.54) is 0 Å². The van der Waals surface area contributed by atoms with Crippen LogP contribution in [0.1, 0.15) is 17.5 Å². The Bertz CT molecular complexity index is 697. The van der Waals surface area contributed by atoms with E-state index in [-0.39, 0.29) is 12.3 Å². The Morgan fingerprint density at radius 3 is 2.14 bits per heavy atom. The lowest BCUT2D eigenvalue weighted by molar-refractivity contribution is -0.115. The van der Waals surface area contributed by atoms with Crippen LogP contribution in [0.3, 0.4) is 0 Å². The van der Waals surface area contributed by atoms with Gasteiger partial charge in [0, 0.05) is 10.7 Å². The summed E-state index contributed by atoms with van der Waals surface area (Å²) in [5, 5.41) is 11.8. The summed E-state index contributed by atoms with van der Waals surface area (Å²) in [4.78, 5) is 11.3. The fraction of sp³-hybridized carbons (Fsp3) is 0.0588. The highest BCUT2D eigenvalue weighted by Crippen LogP contribution is 2.24. The molecule has 0 saturated heterocycles. The summed E-state index contributed by atoms with van der Waals surface area (Å²) in [6, 6.07) is 16.6. The molecule has 1 N–H and O–H groups in total. The number of halogens is 1. The number of anilines is 1. The van der Waals surface area contributed by atoms with Crippen molar-refractivity contribution in [2.24, 2.45) is 0 Å². The minimum atomic E-state index is -0.318. The van der Waals surface area contributed by atoms with Gasteiger partial charge in [-0.25, -0.2) is 0 Å². The molecule has 2 rings (SSSR count). The van der Waals surface area contributed by atoms with Gasteiger partial charge in [0.2, 0.25) is 5.91 Å². The molecule has 21 heavy (non-hydrogen) atoms. The van der Waals surface area contributed by atoms with E-state index in [9.17, 15) is 4.79 Å². The summed E-state index contributed by atoms with van der Waals surface area (Å²) in [6.45, 7) is 4.07. The van der Waals surface area contributed by atoms with Crippen molar-refractivity contribution < 1.29 is 4.79 Å². The third-order valence-corrected chi connectivity index (χ3v) is 3.20. The van der Waals surface area contributed by atoms with Gasteiger partial charge >= 0.3 is 0 Å². The molecule has 0 atom stereocenters. The van der Waals surface area contributed by atoms with Crippen LogP contribution in [0.25, 0.3) is 5.57 Å². The number of benzene rings is 2. The zero-order valence-electron chi connectivity index (χ0n) is 11.3. The van der Waals surface area contributed by atoms with E-state index in [1.807, 2.05) is 36.4 Å². The van der Waals surface area contributed by atoms with Crippen molar-refractivity contribution in [3.05, 3.63) is 71.3 Å². The molecule has 0 unspecified atom stereocenters. The molecule has 0 radical (unpaired) electrons. The summed E-state index contributed by atoms with van der Waals surface area (Å²) in [7, 11) is 0. The quantitative estimate of drug-likeness (QED) is 0.917. The highest BCUT2D eigenvalue weighted by atomic mass is 35.5. The Balaban J connectivity index is 2.11. The van der Waals surface area contributed by atoms with Gasteiger partial charge in [-0.15, -0.1) is 0 Å². The zero-order chi connectivity index (χ0) is 15.2. The van der Waals surface area contributed by atoms with E-state index in [0.717, 1.165) is 16.7 Å². The van der Waals surface area contributed by atoms with Gasteiger partial charge in [0.05, 0.1) is 6.07 Å². The summed E-state index contributed by atoms with van der Waals surface area (Å²) < 4.78 is 0. The predicted molar refractivity (Wildman–Crippen MR) is 84.9 cm³/mol. The first kappa shape index (κ1) is 14.8. The first-order chi connectivity index (χ1) is 10.1. The molecule has 0 saturated carbocycles. The second kappa shape index (κ2) is 6.74. The van der Waals surface area contributed by atoms with Crippen LogP contribution in [0.5, 0.6) is 0 Å². The molecule has 0 aliphatic heterocycles. The Labute approximate surface area is 128 Å². The molecule has 4 heteroatoms. The van der Waals surface area contributed by atoms with E-state index >= 15 is 0 Å². The Morgan fingerprint density at radius 2 is 1.62 bits per heavy atom. The number of carbonyl (C=O) groups excluding carboxylic acids is 1. The van der Waals surface area contributed by atoms with Crippen LogP contribution in [0.2, 0.25) is 5.02 Å². The van der Waals surface area contributed by atoms with Crippen LogP contribution < -0.4 is 5.32 Å². The topological polar surface area (TPSA) is 52.9 Å². The van der Waals surface area contributed by atoms with Gasteiger partial charge in [0.15, 0.2) is 0 Å². The molecule has 0 fully saturated rings. The number of hydrogen-bond donors (Lipinski definition) is 1. The summed E-state index contributed by atoms with van der Waals surface area (Å²) in [5.41, 5.74) is 3.47. The average molecular weight is 297 g/mol. The summed E-state index contributed by atoms with van der Waals surface area (Å²) >= 11 is 5.86. The van der Waals surface area contributed by atoms with Crippen molar-refractivity contribution in [1.29, 1.82) is 5.26 Å². The second-order valence-electron chi connectivity index (χ2n) is 4.45. The maximum atomic E-state index is 11.3. The van der Waals surface area contributed by atoms with E-state index < -0.39 is 0 Å². The van der Waals surface area contributed by atoms with Crippen molar-refractivity contribution in [1.82, 2.24) is 0 Å². The second-order valence-corrected chi connectivity index (χ2v) is 4.88. The number of nitrogens with one attached hydrogen (secondary N) is 1. The minimum Gasteiger partial charge on any atom is -0.325 e. The monoisotopic (exact) mass is 296 g/mol. The van der Waals surface area contributed by atoms with Crippen molar-refractivity contribution in [3.8, 4) is 6.07 Å². The third-order valence-electron chi connectivity index (χ3n) is 2.95. The number of amides is 1. The molecule has 0 aliphatic rings.